The van der Waals surface area contributed by atoms with Gasteiger partial charge in [-0.05, 0) is 35.0 Å². The topological polar surface area (TPSA) is 46.2 Å². The lowest BCUT2D eigenvalue weighted by atomic mass is 9.78. The fourth-order valence-electron chi connectivity index (χ4n) is 5.41. The predicted octanol–water partition coefficient (Wildman–Crippen LogP) is 4.39. The molecule has 28 heavy (non-hydrogen) atoms. The molecule has 1 spiro atoms. The van der Waals surface area contributed by atoms with E-state index >= 15 is 0 Å². The van der Waals surface area contributed by atoms with Gasteiger partial charge < -0.3 is 22.4 Å². The van der Waals surface area contributed by atoms with Crippen molar-refractivity contribution in [2.45, 2.75) is 114 Å². The molecular weight excluding hydrogens is 387 g/mol. The second-order valence-corrected chi connectivity index (χ2v) is 18.9. The molecule has 0 aromatic heterocycles. The summed E-state index contributed by atoms with van der Waals surface area (Å²) in [5.74, 6) is 0. The van der Waals surface area contributed by atoms with Crippen molar-refractivity contribution in [1.82, 2.24) is 0 Å². The number of hydrogen-bond donors (Lipinski definition) is 0. The van der Waals surface area contributed by atoms with Crippen molar-refractivity contribution in [2.24, 2.45) is 0 Å². The SMILES string of the molecule is [B]C1OC2CO[Si](C(C)C)(C(C)C)O[Si](C(C)C)(C(C)C)O[C@H]2[C@]12CCCO2. The Bertz CT molecular complexity index is 535. The van der Waals surface area contributed by atoms with E-state index in [1.54, 1.807) is 0 Å². The van der Waals surface area contributed by atoms with E-state index in [4.69, 9.17) is 30.3 Å². The predicted molar refractivity (Wildman–Crippen MR) is 116 cm³/mol. The zero-order chi connectivity index (χ0) is 20.9. The third-order valence-corrected chi connectivity index (χ3v) is 17.3. The summed E-state index contributed by atoms with van der Waals surface area (Å²) in [6.45, 7) is 19.0. The summed E-state index contributed by atoms with van der Waals surface area (Å²) in [5.41, 5.74) is 0.646. The summed E-state index contributed by atoms with van der Waals surface area (Å²) in [7, 11) is 1.26. The van der Waals surface area contributed by atoms with Crippen LogP contribution < -0.4 is 0 Å². The second kappa shape index (κ2) is 8.09. The van der Waals surface area contributed by atoms with Gasteiger partial charge in [0.2, 0.25) is 0 Å². The summed E-state index contributed by atoms with van der Waals surface area (Å²) in [5, 5.41) is 0. The molecule has 160 valence electrons. The smallest absolute Gasteiger partial charge is 0.335 e. The van der Waals surface area contributed by atoms with E-state index in [-0.39, 0.29) is 23.3 Å². The van der Waals surface area contributed by atoms with E-state index in [0.717, 1.165) is 12.8 Å². The maximum Gasteiger partial charge on any atom is 0.335 e. The van der Waals surface area contributed by atoms with Gasteiger partial charge in [-0.15, -0.1) is 0 Å². The number of fused-ring (bicyclic) bond motifs is 2. The highest BCUT2D eigenvalue weighted by molar-refractivity contribution is 6.84. The zero-order valence-electron chi connectivity index (χ0n) is 19.0. The molecule has 0 amide bonds. The highest BCUT2D eigenvalue weighted by Crippen LogP contribution is 2.51. The van der Waals surface area contributed by atoms with Crippen LogP contribution in [0.25, 0.3) is 0 Å². The molecule has 8 heteroatoms. The Morgan fingerprint density at radius 3 is 1.93 bits per heavy atom. The van der Waals surface area contributed by atoms with Crippen molar-refractivity contribution in [3.8, 4) is 0 Å². The number of hydrogen-bond acceptors (Lipinski definition) is 5. The second-order valence-electron chi connectivity index (χ2n) is 10.0. The Labute approximate surface area is 175 Å². The molecule has 0 bridgehead atoms. The lowest BCUT2D eigenvalue weighted by Gasteiger charge is -2.52. The Morgan fingerprint density at radius 2 is 1.46 bits per heavy atom. The third kappa shape index (κ3) is 3.41. The first-order valence-corrected chi connectivity index (χ1v) is 15.0. The number of ether oxygens (including phenoxy) is 2. The molecule has 0 aliphatic carbocycles. The van der Waals surface area contributed by atoms with Crippen LogP contribution in [0.4, 0.5) is 0 Å². The van der Waals surface area contributed by atoms with Crippen molar-refractivity contribution in [1.29, 1.82) is 0 Å². The van der Waals surface area contributed by atoms with E-state index in [2.05, 4.69) is 55.4 Å². The molecule has 0 aromatic carbocycles. The van der Waals surface area contributed by atoms with E-state index in [1.165, 1.54) is 0 Å². The Balaban J connectivity index is 2.09. The van der Waals surface area contributed by atoms with Crippen LogP contribution in [-0.2, 0) is 22.4 Å². The van der Waals surface area contributed by atoms with Crippen molar-refractivity contribution in [3.05, 3.63) is 0 Å². The lowest BCUT2D eigenvalue weighted by molar-refractivity contribution is -0.0820. The maximum absolute atomic E-state index is 7.24. The molecular formula is C20H39BO5Si2. The standard InChI is InChI=1S/C20H39BO5Si2/c1-13(2)27(14(3)4)23-12-17-18(20(19(21)24-17)10-9-11-22-20)25-28(26-27,15(5)6)16(7)8/h13-19H,9-12H2,1-8H3/t17?,18-,19?,20-/m1/s1. The molecule has 4 atom stereocenters. The zero-order valence-corrected chi connectivity index (χ0v) is 21.0. The summed E-state index contributed by atoms with van der Waals surface area (Å²) in [6, 6.07) is -0.480. The molecule has 0 saturated carbocycles. The van der Waals surface area contributed by atoms with Crippen LogP contribution in [0.15, 0.2) is 0 Å². The highest BCUT2D eigenvalue weighted by Gasteiger charge is 2.65. The molecule has 0 aromatic rings. The summed E-state index contributed by atoms with van der Waals surface area (Å²) >= 11 is 0. The van der Waals surface area contributed by atoms with Crippen molar-refractivity contribution < 1.29 is 22.4 Å². The molecule has 3 fully saturated rings. The van der Waals surface area contributed by atoms with Gasteiger partial charge in [0.05, 0.1) is 6.61 Å². The van der Waals surface area contributed by atoms with Gasteiger partial charge in [0, 0.05) is 12.6 Å². The van der Waals surface area contributed by atoms with Crippen LogP contribution in [0.1, 0.15) is 68.2 Å². The average Bonchev–Trinajstić information content (AvgIpc) is 3.15. The van der Waals surface area contributed by atoms with E-state index in [1.807, 2.05) is 0 Å². The molecule has 5 nitrogen and oxygen atoms in total. The molecule has 3 rings (SSSR count). The molecule has 3 heterocycles. The van der Waals surface area contributed by atoms with Gasteiger partial charge in [0.25, 0.3) is 0 Å². The first-order valence-electron chi connectivity index (χ1n) is 11.1. The minimum Gasteiger partial charge on any atom is -0.414 e. The Hall–Kier alpha value is 0.299. The van der Waals surface area contributed by atoms with Gasteiger partial charge in [0.1, 0.15) is 25.7 Å². The van der Waals surface area contributed by atoms with Crippen LogP contribution in [-0.4, -0.2) is 62.0 Å². The van der Waals surface area contributed by atoms with Gasteiger partial charge in [-0.1, -0.05) is 55.4 Å². The van der Waals surface area contributed by atoms with Gasteiger partial charge in [0.15, 0.2) is 0 Å². The van der Waals surface area contributed by atoms with Gasteiger partial charge in [-0.25, -0.2) is 0 Å². The highest BCUT2D eigenvalue weighted by atomic mass is 28.5. The van der Waals surface area contributed by atoms with Crippen molar-refractivity contribution in [3.63, 3.8) is 0 Å². The Kier molecular flexibility index (Phi) is 6.64. The van der Waals surface area contributed by atoms with Crippen LogP contribution in [0.2, 0.25) is 22.2 Å². The maximum atomic E-state index is 7.24. The van der Waals surface area contributed by atoms with Gasteiger partial charge in [-0.3, -0.25) is 0 Å². The van der Waals surface area contributed by atoms with Gasteiger partial charge >= 0.3 is 17.1 Å². The quantitative estimate of drug-likeness (QED) is 0.624. The normalized spacial score (nSPS) is 37.8. The summed E-state index contributed by atoms with van der Waals surface area (Å²) < 4.78 is 33.6. The largest absolute Gasteiger partial charge is 0.414 e. The number of rotatable bonds is 4. The van der Waals surface area contributed by atoms with E-state index < -0.39 is 28.7 Å². The van der Waals surface area contributed by atoms with Crippen LogP contribution in [0.3, 0.4) is 0 Å². The molecule has 3 aliphatic rings. The molecule has 2 unspecified atom stereocenters. The minimum absolute atomic E-state index is 0.203. The van der Waals surface area contributed by atoms with Crippen molar-refractivity contribution in [2.75, 3.05) is 13.2 Å². The third-order valence-electron chi connectivity index (χ3n) is 7.03. The molecule has 3 aliphatic heterocycles. The van der Waals surface area contributed by atoms with Crippen LogP contribution in [0.5, 0.6) is 0 Å². The lowest BCUT2D eigenvalue weighted by Crippen LogP contribution is -2.67. The van der Waals surface area contributed by atoms with Gasteiger partial charge in [-0.2, -0.15) is 0 Å². The van der Waals surface area contributed by atoms with E-state index in [0.29, 0.717) is 24.3 Å². The fourth-order valence-corrected chi connectivity index (χ4v) is 16.7. The monoisotopic (exact) mass is 426 g/mol. The molecule has 0 N–H and O–H groups in total. The van der Waals surface area contributed by atoms with Crippen LogP contribution in [0, 0.1) is 0 Å². The van der Waals surface area contributed by atoms with Crippen LogP contribution >= 0.6 is 0 Å². The Morgan fingerprint density at radius 1 is 0.893 bits per heavy atom. The summed E-state index contributed by atoms with van der Waals surface area (Å²) in [6.07, 6.45) is 1.42. The van der Waals surface area contributed by atoms with Crippen molar-refractivity contribution >= 4 is 25.0 Å². The fraction of sp³-hybridized carbons (Fsp3) is 1.00. The molecule has 3 saturated heterocycles. The first-order chi connectivity index (χ1) is 13.0. The van der Waals surface area contributed by atoms with E-state index in [9.17, 15) is 0 Å². The first kappa shape index (κ1) is 23.0. The average molecular weight is 427 g/mol. The summed E-state index contributed by atoms with van der Waals surface area (Å²) in [4.78, 5) is 0. The molecule has 2 radical (unpaired) electrons. The minimum atomic E-state index is -2.67.